The Bertz CT molecular complexity index is 690. The number of benzene rings is 1. The van der Waals surface area contributed by atoms with Crippen molar-refractivity contribution in [3.8, 4) is 5.75 Å². The van der Waals surface area contributed by atoms with Crippen LogP contribution in [0.25, 0.3) is 0 Å². The van der Waals surface area contributed by atoms with E-state index in [9.17, 15) is 13.2 Å². The number of aryl methyl sites for hydroxylation is 2. The van der Waals surface area contributed by atoms with Gasteiger partial charge in [-0.25, -0.2) is 8.42 Å². The first-order valence-corrected chi connectivity index (χ1v) is 9.88. The normalized spacial score (nSPS) is 16.2. The summed E-state index contributed by atoms with van der Waals surface area (Å²) in [6.45, 7) is 6.77. The molecule has 0 spiro atoms. The molecule has 24 heavy (non-hydrogen) atoms. The van der Waals surface area contributed by atoms with Crippen LogP contribution in [0.15, 0.2) is 12.1 Å². The number of ether oxygens (including phenoxy) is 1. The number of nitrogens with zero attached hydrogens (tertiary/aromatic N) is 2. The third-order valence-electron chi connectivity index (χ3n) is 4.12. The van der Waals surface area contributed by atoms with Crippen LogP contribution in [0.5, 0.6) is 5.75 Å². The summed E-state index contributed by atoms with van der Waals surface area (Å²) in [4.78, 5) is 13.9. The Morgan fingerprint density at radius 3 is 2.21 bits per heavy atom. The molecule has 1 aliphatic heterocycles. The summed E-state index contributed by atoms with van der Waals surface area (Å²) in [5.74, 6) is 0.544. The maximum atomic E-state index is 12.2. The minimum absolute atomic E-state index is 0.0684. The van der Waals surface area contributed by atoms with E-state index < -0.39 is 10.0 Å². The highest BCUT2D eigenvalue weighted by Gasteiger charge is 2.27. The molecule has 0 bridgehead atoms. The maximum Gasteiger partial charge on any atom is 0.260 e. The molecule has 8 heteroatoms. The molecule has 0 unspecified atom stereocenters. The first kappa shape index (κ1) is 19.0. The Morgan fingerprint density at radius 2 is 1.71 bits per heavy atom. The lowest BCUT2D eigenvalue weighted by Crippen LogP contribution is -2.51. The van der Waals surface area contributed by atoms with Gasteiger partial charge < -0.3 is 9.64 Å². The summed E-state index contributed by atoms with van der Waals surface area (Å²) >= 11 is 6.11. The van der Waals surface area contributed by atoms with Crippen LogP contribution in [-0.2, 0) is 14.8 Å². The predicted octanol–water partition coefficient (Wildman–Crippen LogP) is 1.83. The molecule has 1 aromatic rings. The van der Waals surface area contributed by atoms with Crippen molar-refractivity contribution < 1.29 is 17.9 Å². The summed E-state index contributed by atoms with van der Waals surface area (Å²) in [5, 5.41) is 0.696. The van der Waals surface area contributed by atoms with E-state index in [-0.39, 0.29) is 18.3 Å². The lowest BCUT2D eigenvalue weighted by Gasteiger charge is -2.33. The first-order chi connectivity index (χ1) is 11.2. The van der Waals surface area contributed by atoms with E-state index in [1.165, 1.54) is 4.31 Å². The van der Waals surface area contributed by atoms with Gasteiger partial charge in [-0.2, -0.15) is 4.31 Å². The molecule has 1 saturated heterocycles. The van der Waals surface area contributed by atoms with Gasteiger partial charge in [0.25, 0.3) is 5.91 Å². The Morgan fingerprint density at radius 1 is 1.17 bits per heavy atom. The van der Waals surface area contributed by atoms with Gasteiger partial charge in [-0.05, 0) is 44.0 Å². The van der Waals surface area contributed by atoms with Gasteiger partial charge in [0.15, 0.2) is 6.61 Å². The zero-order valence-corrected chi connectivity index (χ0v) is 15.8. The predicted molar refractivity (Wildman–Crippen MR) is 94.0 cm³/mol. The third kappa shape index (κ3) is 4.40. The molecule has 1 heterocycles. The Kier molecular flexibility index (Phi) is 6.11. The van der Waals surface area contributed by atoms with E-state index in [4.69, 9.17) is 16.3 Å². The Labute approximate surface area is 148 Å². The van der Waals surface area contributed by atoms with E-state index in [0.717, 1.165) is 11.1 Å². The molecule has 6 nitrogen and oxygen atoms in total. The van der Waals surface area contributed by atoms with Gasteiger partial charge in [0, 0.05) is 31.2 Å². The van der Waals surface area contributed by atoms with Gasteiger partial charge >= 0.3 is 0 Å². The molecule has 1 aromatic carbocycles. The molecule has 0 saturated carbocycles. The van der Waals surface area contributed by atoms with Crippen LogP contribution in [0.4, 0.5) is 0 Å². The molecule has 0 aliphatic carbocycles. The second-order valence-corrected chi connectivity index (χ2v) is 8.48. The fourth-order valence-electron chi connectivity index (χ4n) is 2.62. The van der Waals surface area contributed by atoms with Gasteiger partial charge in [0.05, 0.1) is 5.75 Å². The van der Waals surface area contributed by atoms with E-state index in [1.54, 1.807) is 24.0 Å². The minimum Gasteiger partial charge on any atom is -0.484 e. The molecule has 2 rings (SSSR count). The van der Waals surface area contributed by atoms with E-state index >= 15 is 0 Å². The third-order valence-corrected chi connectivity index (χ3v) is 6.60. The molecule has 0 atom stereocenters. The second-order valence-electron chi connectivity index (χ2n) is 5.84. The van der Waals surface area contributed by atoms with Gasteiger partial charge in [-0.15, -0.1) is 0 Å². The molecule has 0 N–H and O–H groups in total. The van der Waals surface area contributed by atoms with Crippen molar-refractivity contribution in [1.82, 2.24) is 9.21 Å². The second kappa shape index (κ2) is 7.72. The molecule has 1 aliphatic rings. The van der Waals surface area contributed by atoms with Crippen molar-refractivity contribution in [3.63, 3.8) is 0 Å². The number of halogens is 1. The van der Waals surface area contributed by atoms with Crippen molar-refractivity contribution in [2.45, 2.75) is 20.8 Å². The van der Waals surface area contributed by atoms with Crippen LogP contribution < -0.4 is 4.74 Å². The minimum atomic E-state index is -3.19. The van der Waals surface area contributed by atoms with E-state index in [1.807, 2.05) is 13.8 Å². The van der Waals surface area contributed by atoms with E-state index in [2.05, 4.69) is 0 Å². The highest BCUT2D eigenvalue weighted by Crippen LogP contribution is 2.25. The SMILES string of the molecule is CCS(=O)(=O)N1CCN(C(=O)COc2cc(C)c(Cl)c(C)c2)CC1. The topological polar surface area (TPSA) is 66.9 Å². The first-order valence-electron chi connectivity index (χ1n) is 7.89. The summed E-state index contributed by atoms with van der Waals surface area (Å²) < 4.78 is 30.6. The number of hydrogen-bond acceptors (Lipinski definition) is 4. The van der Waals surface area contributed by atoms with Crippen molar-refractivity contribution >= 4 is 27.5 Å². The lowest BCUT2D eigenvalue weighted by atomic mass is 10.1. The number of sulfonamides is 1. The number of amides is 1. The average molecular weight is 375 g/mol. The summed E-state index contributed by atoms with van der Waals surface area (Å²) in [5.41, 5.74) is 1.80. The summed E-state index contributed by atoms with van der Waals surface area (Å²) in [6.07, 6.45) is 0. The lowest BCUT2D eigenvalue weighted by molar-refractivity contribution is -0.134. The molecule has 0 aromatic heterocycles. The zero-order chi connectivity index (χ0) is 17.9. The van der Waals surface area contributed by atoms with Crippen molar-refractivity contribution in [3.05, 3.63) is 28.3 Å². The van der Waals surface area contributed by atoms with Gasteiger partial charge in [0.2, 0.25) is 10.0 Å². The number of carbonyl (C=O) groups excluding carboxylic acids is 1. The molecule has 1 amide bonds. The molecular weight excluding hydrogens is 352 g/mol. The van der Waals surface area contributed by atoms with Crippen LogP contribution in [0.2, 0.25) is 5.02 Å². The zero-order valence-electron chi connectivity index (χ0n) is 14.2. The van der Waals surface area contributed by atoms with Crippen molar-refractivity contribution in [1.29, 1.82) is 0 Å². The standard InChI is InChI=1S/C16H23ClN2O4S/c1-4-24(21,22)19-7-5-18(6-8-19)15(20)11-23-14-9-12(2)16(17)13(3)10-14/h9-10H,4-8,11H2,1-3H3. The quantitative estimate of drug-likeness (QED) is 0.788. The largest absolute Gasteiger partial charge is 0.484 e. The van der Waals surface area contributed by atoms with Crippen LogP contribution in [0.1, 0.15) is 18.1 Å². The van der Waals surface area contributed by atoms with E-state index in [0.29, 0.717) is 37.0 Å². The molecule has 134 valence electrons. The summed E-state index contributed by atoms with van der Waals surface area (Å²) in [7, 11) is -3.19. The van der Waals surface area contributed by atoms with Crippen LogP contribution >= 0.6 is 11.6 Å². The highest BCUT2D eigenvalue weighted by atomic mass is 35.5. The monoisotopic (exact) mass is 374 g/mol. The van der Waals surface area contributed by atoms with Crippen molar-refractivity contribution in [2.75, 3.05) is 38.5 Å². The van der Waals surface area contributed by atoms with Gasteiger partial charge in [0.1, 0.15) is 5.75 Å². The molecular formula is C16H23ClN2O4S. The Balaban J connectivity index is 1.88. The van der Waals surface area contributed by atoms with Gasteiger partial charge in [-0.1, -0.05) is 11.6 Å². The van der Waals surface area contributed by atoms with Crippen LogP contribution in [-0.4, -0.2) is 62.1 Å². The maximum absolute atomic E-state index is 12.2. The Hall–Kier alpha value is -1.31. The highest BCUT2D eigenvalue weighted by molar-refractivity contribution is 7.89. The average Bonchev–Trinajstić information content (AvgIpc) is 2.57. The molecule has 0 radical (unpaired) electrons. The van der Waals surface area contributed by atoms with Gasteiger partial charge in [-0.3, -0.25) is 4.79 Å². The van der Waals surface area contributed by atoms with Crippen molar-refractivity contribution in [2.24, 2.45) is 0 Å². The number of rotatable bonds is 5. The summed E-state index contributed by atoms with van der Waals surface area (Å²) in [6, 6.07) is 3.60. The van der Waals surface area contributed by atoms with Crippen LogP contribution in [0, 0.1) is 13.8 Å². The smallest absolute Gasteiger partial charge is 0.260 e. The van der Waals surface area contributed by atoms with Crippen LogP contribution in [0.3, 0.4) is 0 Å². The number of piperazine rings is 1. The number of hydrogen-bond donors (Lipinski definition) is 0. The fraction of sp³-hybridized carbons (Fsp3) is 0.562. The fourth-order valence-corrected chi connectivity index (χ4v) is 3.82. The number of carbonyl (C=O) groups is 1. The molecule has 1 fully saturated rings.